The first kappa shape index (κ1) is 24.0. The van der Waals surface area contributed by atoms with E-state index in [1.807, 2.05) is 0 Å². The Hall–Kier alpha value is -4.14. The second-order valence-electron chi connectivity index (χ2n) is 7.45. The summed E-state index contributed by atoms with van der Waals surface area (Å²) in [6.07, 6.45) is 3.51. The number of hydrogen-bond acceptors (Lipinski definition) is 10. The number of aryl methyl sites for hydroxylation is 1. The van der Waals surface area contributed by atoms with Crippen molar-refractivity contribution in [2.75, 3.05) is 18.9 Å². The fraction of sp³-hybridized carbons (Fsp3) is 0.300. The van der Waals surface area contributed by atoms with Gasteiger partial charge in [0, 0.05) is 13.5 Å². The third-order valence-corrected chi connectivity index (χ3v) is 6.72. The summed E-state index contributed by atoms with van der Waals surface area (Å²) in [6.45, 7) is 1.48. The molecule has 0 radical (unpaired) electrons. The van der Waals surface area contributed by atoms with E-state index in [4.69, 9.17) is 9.47 Å². The highest BCUT2D eigenvalue weighted by Gasteiger charge is 2.29. The van der Waals surface area contributed by atoms with Gasteiger partial charge in [-0.3, -0.25) is 14.0 Å². The van der Waals surface area contributed by atoms with Gasteiger partial charge in [0.2, 0.25) is 16.0 Å². The quantitative estimate of drug-likeness (QED) is 0.354. The maximum absolute atomic E-state index is 13.2. The van der Waals surface area contributed by atoms with Gasteiger partial charge in [-0.05, 0) is 19.1 Å². The highest BCUT2D eigenvalue weighted by atomic mass is 32.2. The molecule has 1 atom stereocenters. The number of rotatable bonds is 9. The summed E-state index contributed by atoms with van der Waals surface area (Å²) in [7, 11) is 0.602. The molecule has 184 valence electrons. The molecule has 0 unspecified atom stereocenters. The van der Waals surface area contributed by atoms with E-state index in [0.29, 0.717) is 22.9 Å². The minimum atomic E-state index is -4.02. The Bertz CT molecular complexity index is 1420. The van der Waals surface area contributed by atoms with Gasteiger partial charge in [-0.2, -0.15) is 0 Å². The zero-order valence-electron chi connectivity index (χ0n) is 19.2. The van der Waals surface area contributed by atoms with E-state index in [1.165, 1.54) is 30.4 Å². The Kier molecular flexibility index (Phi) is 6.59. The molecule has 1 N–H and O–H groups in total. The highest BCUT2D eigenvalue weighted by Crippen LogP contribution is 2.37. The first-order chi connectivity index (χ1) is 16.7. The summed E-state index contributed by atoms with van der Waals surface area (Å²) in [5.74, 6) is 0.397. The van der Waals surface area contributed by atoms with Crippen molar-refractivity contribution in [2.45, 2.75) is 18.6 Å². The molecule has 0 bridgehead atoms. The lowest BCUT2D eigenvalue weighted by atomic mass is 10.2. The van der Waals surface area contributed by atoms with Gasteiger partial charge >= 0.3 is 0 Å². The van der Waals surface area contributed by atoms with Gasteiger partial charge in [0.1, 0.15) is 23.0 Å². The molecule has 3 aromatic heterocycles. The van der Waals surface area contributed by atoms with Crippen LogP contribution >= 0.6 is 0 Å². The standard InChI is InChI=1S/C20H22FN9O4S/c1-12(8-17-22-9-13(21)10-23-17)35(31,32)27-20-26-25-19(14-11-29(2)28-24-14)30(20)18-15(33-3)6-5-7-16(18)34-4/h5-7,9-12H,8H2,1-4H3,(H,26,27)/t12-/m0/s1. The summed E-state index contributed by atoms with van der Waals surface area (Å²) in [4.78, 5) is 7.67. The summed E-state index contributed by atoms with van der Waals surface area (Å²) >= 11 is 0. The van der Waals surface area contributed by atoms with Crippen LogP contribution < -0.4 is 14.2 Å². The molecule has 0 saturated carbocycles. The molecule has 35 heavy (non-hydrogen) atoms. The zero-order valence-corrected chi connectivity index (χ0v) is 20.1. The number of sulfonamides is 1. The predicted octanol–water partition coefficient (Wildman–Crippen LogP) is 1.38. The van der Waals surface area contributed by atoms with Crippen LogP contribution in [0.2, 0.25) is 0 Å². The van der Waals surface area contributed by atoms with Gasteiger partial charge in [-0.25, -0.2) is 22.8 Å². The van der Waals surface area contributed by atoms with Crippen molar-refractivity contribution in [1.29, 1.82) is 0 Å². The van der Waals surface area contributed by atoms with E-state index in [9.17, 15) is 12.8 Å². The molecule has 3 heterocycles. The molecule has 13 nitrogen and oxygen atoms in total. The fourth-order valence-corrected chi connectivity index (χ4v) is 4.23. The molecule has 0 aliphatic rings. The lowest BCUT2D eigenvalue weighted by Gasteiger charge is -2.18. The van der Waals surface area contributed by atoms with Crippen molar-refractivity contribution in [3.63, 3.8) is 0 Å². The van der Waals surface area contributed by atoms with Crippen molar-refractivity contribution >= 4 is 16.0 Å². The third-order valence-electron chi connectivity index (χ3n) is 5.03. The summed E-state index contributed by atoms with van der Waals surface area (Å²) in [5.41, 5.74) is 0.696. The van der Waals surface area contributed by atoms with Crippen molar-refractivity contribution in [2.24, 2.45) is 7.05 Å². The molecular formula is C20H22FN9O4S. The van der Waals surface area contributed by atoms with Crippen molar-refractivity contribution in [3.05, 3.63) is 48.4 Å². The van der Waals surface area contributed by atoms with Gasteiger partial charge in [0.15, 0.2) is 17.3 Å². The lowest BCUT2D eigenvalue weighted by molar-refractivity contribution is 0.391. The van der Waals surface area contributed by atoms with E-state index in [2.05, 4.69) is 35.2 Å². The van der Waals surface area contributed by atoms with Gasteiger partial charge in [-0.1, -0.05) is 11.3 Å². The van der Waals surface area contributed by atoms with Crippen molar-refractivity contribution < 1.29 is 22.3 Å². The zero-order chi connectivity index (χ0) is 25.2. The Balaban J connectivity index is 1.79. The van der Waals surface area contributed by atoms with Crippen LogP contribution in [-0.4, -0.2) is 67.6 Å². The minimum Gasteiger partial charge on any atom is -0.494 e. The Morgan fingerprint density at radius 2 is 1.74 bits per heavy atom. The number of hydrogen-bond donors (Lipinski definition) is 1. The molecule has 0 aliphatic heterocycles. The molecule has 0 amide bonds. The van der Waals surface area contributed by atoms with E-state index < -0.39 is 21.1 Å². The number of anilines is 1. The van der Waals surface area contributed by atoms with Gasteiger partial charge in [0.25, 0.3) is 0 Å². The van der Waals surface area contributed by atoms with Crippen LogP contribution in [0.25, 0.3) is 17.2 Å². The normalized spacial score (nSPS) is 12.4. The van der Waals surface area contributed by atoms with E-state index >= 15 is 0 Å². The first-order valence-corrected chi connectivity index (χ1v) is 11.8. The summed E-state index contributed by atoms with van der Waals surface area (Å²) < 4.78 is 55.9. The van der Waals surface area contributed by atoms with Crippen LogP contribution in [0.5, 0.6) is 11.5 Å². The van der Waals surface area contributed by atoms with Crippen LogP contribution in [0.4, 0.5) is 10.3 Å². The monoisotopic (exact) mass is 503 g/mol. The van der Waals surface area contributed by atoms with Crippen LogP contribution in [0.15, 0.2) is 36.8 Å². The smallest absolute Gasteiger partial charge is 0.243 e. The molecule has 15 heteroatoms. The Morgan fingerprint density at radius 3 is 2.31 bits per heavy atom. The van der Waals surface area contributed by atoms with Crippen molar-refractivity contribution in [3.8, 4) is 28.7 Å². The molecule has 1 aromatic carbocycles. The SMILES string of the molecule is COc1cccc(OC)c1-n1c(NS(=O)(=O)[C@@H](C)Cc2ncc(F)cn2)nnc1-c1cn(C)nn1. The molecule has 0 saturated heterocycles. The molecule has 0 spiro atoms. The lowest BCUT2D eigenvalue weighted by Crippen LogP contribution is -2.29. The summed E-state index contributed by atoms with van der Waals surface area (Å²) in [6, 6.07) is 5.10. The largest absolute Gasteiger partial charge is 0.494 e. The number of benzene rings is 1. The average molecular weight is 504 g/mol. The molecule has 4 aromatic rings. The van der Waals surface area contributed by atoms with Gasteiger partial charge in [0.05, 0.1) is 38.1 Å². The van der Waals surface area contributed by atoms with Crippen LogP contribution in [0.1, 0.15) is 12.7 Å². The second kappa shape index (κ2) is 9.61. The van der Waals surface area contributed by atoms with Crippen LogP contribution in [0.3, 0.4) is 0 Å². The van der Waals surface area contributed by atoms with E-state index in [1.54, 1.807) is 31.4 Å². The van der Waals surface area contributed by atoms with E-state index in [0.717, 1.165) is 12.4 Å². The van der Waals surface area contributed by atoms with Crippen molar-refractivity contribution in [1.82, 2.24) is 39.7 Å². The number of para-hydroxylation sites is 1. The maximum atomic E-state index is 13.2. The maximum Gasteiger partial charge on any atom is 0.243 e. The fourth-order valence-electron chi connectivity index (χ4n) is 3.27. The number of aromatic nitrogens is 8. The Morgan fingerprint density at radius 1 is 1.09 bits per heavy atom. The van der Waals surface area contributed by atoms with Crippen LogP contribution in [0, 0.1) is 5.82 Å². The molecule has 4 rings (SSSR count). The number of halogens is 1. The molecule has 0 fully saturated rings. The van der Waals surface area contributed by atoms with Gasteiger partial charge < -0.3 is 9.47 Å². The first-order valence-electron chi connectivity index (χ1n) is 10.2. The third kappa shape index (κ3) is 4.89. The predicted molar refractivity (Wildman–Crippen MR) is 122 cm³/mol. The number of nitrogens with zero attached hydrogens (tertiary/aromatic N) is 8. The number of ether oxygens (including phenoxy) is 2. The minimum absolute atomic E-state index is 0.0568. The van der Waals surface area contributed by atoms with Gasteiger partial charge in [-0.15, -0.1) is 15.3 Å². The second-order valence-corrected chi connectivity index (χ2v) is 9.55. The molecule has 0 aliphatic carbocycles. The van der Waals surface area contributed by atoms with Crippen LogP contribution in [-0.2, 0) is 23.5 Å². The van der Waals surface area contributed by atoms with E-state index in [-0.39, 0.29) is 24.0 Å². The topological polar surface area (TPSA) is 152 Å². The highest BCUT2D eigenvalue weighted by molar-refractivity contribution is 7.93. The Labute approximate surface area is 200 Å². The molecular weight excluding hydrogens is 481 g/mol. The number of nitrogens with one attached hydrogen (secondary N) is 1. The number of methoxy groups -OCH3 is 2. The summed E-state index contributed by atoms with van der Waals surface area (Å²) in [5, 5.41) is 15.2. The average Bonchev–Trinajstić information content (AvgIpc) is 3.45.